The molecule has 0 bridgehead atoms. The van der Waals surface area contributed by atoms with Crippen LogP contribution in [0.3, 0.4) is 0 Å². The van der Waals surface area contributed by atoms with Gasteiger partial charge in [0.1, 0.15) is 0 Å². The quantitative estimate of drug-likeness (QED) is 0.371. The first-order chi connectivity index (χ1) is 17.1. The number of rotatable bonds is 5. The first kappa shape index (κ1) is 22.0. The van der Waals surface area contributed by atoms with E-state index in [-0.39, 0.29) is 11.5 Å². The fourth-order valence-electron chi connectivity index (χ4n) is 4.60. The van der Waals surface area contributed by atoms with Gasteiger partial charge in [0.2, 0.25) is 5.91 Å². The maximum absolute atomic E-state index is 13.1. The fraction of sp³-hybridized carbons (Fsp3) is 0.231. The van der Waals surface area contributed by atoms with E-state index in [1.54, 1.807) is 11.3 Å². The number of halogens is 1. The summed E-state index contributed by atoms with van der Waals surface area (Å²) in [6, 6.07) is 17.4. The van der Waals surface area contributed by atoms with E-state index in [1.807, 2.05) is 53.4 Å². The van der Waals surface area contributed by atoms with E-state index in [9.17, 15) is 9.59 Å². The van der Waals surface area contributed by atoms with Gasteiger partial charge in [0, 0.05) is 35.2 Å². The van der Waals surface area contributed by atoms with Crippen molar-refractivity contribution in [2.45, 2.75) is 32.2 Å². The minimum absolute atomic E-state index is 0.0876. The smallest absolute Gasteiger partial charge is 0.276 e. The molecule has 0 radical (unpaired) electrons. The first-order valence-electron chi connectivity index (χ1n) is 11.6. The number of hydrogen-bond acceptors (Lipinski definition) is 5. The lowest BCUT2D eigenvalue weighted by molar-refractivity contribution is -0.132. The lowest BCUT2D eigenvalue weighted by atomic mass is 10.1. The lowest BCUT2D eigenvalue weighted by Crippen LogP contribution is -2.39. The Morgan fingerprint density at radius 3 is 2.80 bits per heavy atom. The molecule has 0 saturated carbocycles. The van der Waals surface area contributed by atoms with Crippen molar-refractivity contribution in [1.29, 1.82) is 0 Å². The number of amides is 1. The summed E-state index contributed by atoms with van der Waals surface area (Å²) in [5.74, 6) is 0.0876. The Morgan fingerprint density at radius 2 is 1.94 bits per heavy atom. The molecule has 0 unspecified atom stereocenters. The summed E-state index contributed by atoms with van der Waals surface area (Å²) in [7, 11) is 0. The van der Waals surface area contributed by atoms with Crippen LogP contribution in [0.25, 0.3) is 27.1 Å². The monoisotopic (exact) mass is 503 g/mol. The van der Waals surface area contributed by atoms with E-state index in [0.29, 0.717) is 47.9 Å². The first-order valence-corrected chi connectivity index (χ1v) is 12.8. The molecule has 0 fully saturated rings. The van der Waals surface area contributed by atoms with E-state index in [2.05, 4.69) is 16.1 Å². The number of benzene rings is 2. The molecule has 176 valence electrons. The minimum Gasteiger partial charge on any atom is -0.336 e. The standard InChI is InChI=1S/C26H22ClN5O2S/c27-18-7-2-1-6-16(18)20-14-23-28-21-15-31(13-12-17(21)26(34)32(23)30-20)25(33)11-5-10-24-29-19-8-3-4-9-22(19)35-24/h1-4,6-9,14,30H,5,10-13,15H2. The van der Waals surface area contributed by atoms with Crippen LogP contribution >= 0.6 is 22.9 Å². The molecule has 6 rings (SSSR count). The Balaban J connectivity index is 1.17. The molecule has 35 heavy (non-hydrogen) atoms. The molecule has 4 heterocycles. The Kier molecular flexibility index (Phi) is 5.62. The number of aromatic amines is 1. The van der Waals surface area contributed by atoms with Crippen LogP contribution in [0.2, 0.25) is 5.02 Å². The minimum atomic E-state index is -0.119. The van der Waals surface area contributed by atoms with E-state index >= 15 is 0 Å². The second kappa shape index (κ2) is 8.94. The zero-order valence-electron chi connectivity index (χ0n) is 18.8. The zero-order valence-corrected chi connectivity index (χ0v) is 20.4. The van der Waals surface area contributed by atoms with Gasteiger partial charge < -0.3 is 4.90 Å². The van der Waals surface area contributed by atoms with Crippen molar-refractivity contribution in [3.05, 3.63) is 86.2 Å². The SMILES string of the molecule is O=C(CCCc1nc2ccccc2s1)N1CCc2c(nc3cc(-c4ccccc4Cl)[nH]n3c2=O)C1. The molecule has 0 saturated heterocycles. The van der Waals surface area contributed by atoms with Crippen LogP contribution in [0.5, 0.6) is 0 Å². The van der Waals surface area contributed by atoms with Crippen molar-refractivity contribution >= 4 is 44.7 Å². The number of fused-ring (bicyclic) bond motifs is 3. The number of carbonyl (C=O) groups is 1. The third-order valence-electron chi connectivity index (χ3n) is 6.40. The van der Waals surface area contributed by atoms with Gasteiger partial charge in [0.05, 0.1) is 33.2 Å². The summed E-state index contributed by atoms with van der Waals surface area (Å²) >= 11 is 8.02. The molecule has 1 aliphatic heterocycles. The molecule has 1 aliphatic rings. The predicted octanol–water partition coefficient (Wildman–Crippen LogP) is 4.86. The van der Waals surface area contributed by atoms with Gasteiger partial charge in [-0.2, -0.15) is 0 Å². The van der Waals surface area contributed by atoms with Gasteiger partial charge in [-0.1, -0.05) is 41.9 Å². The van der Waals surface area contributed by atoms with Crippen molar-refractivity contribution < 1.29 is 4.79 Å². The molecule has 2 aromatic carbocycles. The summed E-state index contributed by atoms with van der Waals surface area (Å²) in [5.41, 5.74) is 4.28. The third kappa shape index (κ3) is 4.13. The van der Waals surface area contributed by atoms with Gasteiger partial charge in [-0.05, 0) is 37.5 Å². The third-order valence-corrected chi connectivity index (χ3v) is 7.83. The number of hydrogen-bond donors (Lipinski definition) is 1. The molecule has 0 atom stereocenters. The van der Waals surface area contributed by atoms with Crippen molar-refractivity contribution in [3.63, 3.8) is 0 Å². The van der Waals surface area contributed by atoms with E-state index in [0.717, 1.165) is 34.6 Å². The summed E-state index contributed by atoms with van der Waals surface area (Å²) in [6.45, 7) is 0.877. The van der Waals surface area contributed by atoms with Crippen LogP contribution in [-0.4, -0.2) is 36.9 Å². The van der Waals surface area contributed by atoms with Gasteiger partial charge in [-0.3, -0.25) is 14.7 Å². The van der Waals surface area contributed by atoms with Gasteiger partial charge >= 0.3 is 0 Å². The number of para-hydroxylation sites is 1. The molecule has 1 N–H and O–H groups in total. The molecule has 3 aromatic heterocycles. The normalized spacial score (nSPS) is 13.5. The molecule has 5 aromatic rings. The van der Waals surface area contributed by atoms with Crippen molar-refractivity contribution in [2.75, 3.05) is 6.54 Å². The number of carbonyl (C=O) groups excluding carboxylic acids is 1. The lowest BCUT2D eigenvalue weighted by Gasteiger charge is -2.27. The van der Waals surface area contributed by atoms with Crippen LogP contribution in [0.15, 0.2) is 59.4 Å². The number of nitrogens with one attached hydrogen (secondary N) is 1. The second-order valence-electron chi connectivity index (χ2n) is 8.68. The van der Waals surface area contributed by atoms with E-state index in [1.165, 1.54) is 9.22 Å². The van der Waals surface area contributed by atoms with Crippen molar-refractivity contribution in [2.24, 2.45) is 0 Å². The molecule has 9 heteroatoms. The number of aromatic nitrogens is 4. The Labute approximate surface area is 210 Å². The van der Waals surface area contributed by atoms with Crippen LogP contribution in [0.4, 0.5) is 0 Å². The number of thiazole rings is 1. The van der Waals surface area contributed by atoms with Crippen LogP contribution in [0.1, 0.15) is 29.1 Å². The maximum Gasteiger partial charge on any atom is 0.276 e. The molecular formula is C26H22ClN5O2S. The maximum atomic E-state index is 13.1. The molecule has 1 amide bonds. The topological polar surface area (TPSA) is 83.4 Å². The molecule has 7 nitrogen and oxygen atoms in total. The number of H-pyrrole nitrogens is 1. The van der Waals surface area contributed by atoms with Crippen molar-refractivity contribution in [3.8, 4) is 11.3 Å². The molecular weight excluding hydrogens is 482 g/mol. The Hall–Kier alpha value is -3.49. The van der Waals surface area contributed by atoms with E-state index < -0.39 is 0 Å². The number of aryl methyl sites for hydroxylation is 1. The highest BCUT2D eigenvalue weighted by Gasteiger charge is 2.25. The van der Waals surface area contributed by atoms with Gasteiger partial charge in [-0.25, -0.2) is 14.5 Å². The second-order valence-corrected chi connectivity index (χ2v) is 10.2. The molecule has 0 spiro atoms. The summed E-state index contributed by atoms with van der Waals surface area (Å²) < 4.78 is 2.64. The Morgan fingerprint density at radius 1 is 1.11 bits per heavy atom. The van der Waals surface area contributed by atoms with Crippen LogP contribution < -0.4 is 5.56 Å². The summed E-state index contributed by atoms with van der Waals surface area (Å²) in [4.78, 5) is 37.2. The van der Waals surface area contributed by atoms with E-state index in [4.69, 9.17) is 16.6 Å². The average Bonchev–Trinajstić information content (AvgIpc) is 3.48. The highest BCUT2D eigenvalue weighted by molar-refractivity contribution is 7.18. The van der Waals surface area contributed by atoms with Crippen LogP contribution in [0, 0.1) is 0 Å². The highest BCUT2D eigenvalue weighted by atomic mass is 35.5. The molecule has 0 aliphatic carbocycles. The highest BCUT2D eigenvalue weighted by Crippen LogP contribution is 2.27. The number of nitrogens with zero attached hydrogens (tertiary/aromatic N) is 4. The predicted molar refractivity (Wildman–Crippen MR) is 138 cm³/mol. The largest absolute Gasteiger partial charge is 0.336 e. The van der Waals surface area contributed by atoms with Crippen molar-refractivity contribution in [1.82, 2.24) is 24.5 Å². The summed E-state index contributed by atoms with van der Waals surface area (Å²) in [5, 5.41) is 4.78. The van der Waals surface area contributed by atoms with Gasteiger partial charge in [0.25, 0.3) is 5.56 Å². The summed E-state index contributed by atoms with van der Waals surface area (Å²) in [6.07, 6.45) is 2.47. The van der Waals surface area contributed by atoms with Gasteiger partial charge in [-0.15, -0.1) is 11.3 Å². The fourth-order valence-corrected chi connectivity index (χ4v) is 5.85. The van der Waals surface area contributed by atoms with Crippen LogP contribution in [-0.2, 0) is 24.2 Å². The zero-order chi connectivity index (χ0) is 23.9. The average molecular weight is 504 g/mol. The van der Waals surface area contributed by atoms with Gasteiger partial charge in [0.15, 0.2) is 5.65 Å². The Bertz CT molecular complexity index is 1600.